The van der Waals surface area contributed by atoms with Crippen LogP contribution >= 0.6 is 7.82 Å². The van der Waals surface area contributed by atoms with Crippen LogP contribution in [0, 0.1) is 0 Å². The van der Waals surface area contributed by atoms with Crippen molar-refractivity contribution in [3.8, 4) is 0 Å². The third kappa shape index (κ3) is 38.5. The Kier molecular flexibility index (Phi) is 37.6. The van der Waals surface area contributed by atoms with Crippen molar-refractivity contribution in [2.24, 2.45) is 0 Å². The number of unbranched alkanes of at least 4 members (excludes halogenated alkanes) is 22. The number of hydrogen-bond acceptors (Lipinski definition) is 9. The van der Waals surface area contributed by atoms with Gasteiger partial charge in [-0.05, 0) is 57.8 Å². The van der Waals surface area contributed by atoms with Gasteiger partial charge in [0.1, 0.15) is 12.7 Å². The molecule has 0 saturated heterocycles. The number of phosphoric acid groups is 1. The lowest BCUT2D eigenvalue weighted by Crippen LogP contribution is -2.29. The lowest BCUT2D eigenvalue weighted by Gasteiger charge is -2.20. The SMILES string of the molecule is CCCC/C=C/CCCCCCCCCCCC(=O)O[C@H](COC(=O)CCCCCCC/C=C/CCCCCCCC)COP(=O)(O)OC[C@@H](O)CO. The molecule has 312 valence electrons. The van der Waals surface area contributed by atoms with Crippen LogP contribution in [0.5, 0.6) is 0 Å². The van der Waals surface area contributed by atoms with E-state index in [0.29, 0.717) is 12.8 Å². The van der Waals surface area contributed by atoms with Crippen molar-refractivity contribution in [3.05, 3.63) is 24.3 Å². The van der Waals surface area contributed by atoms with Crippen molar-refractivity contribution < 1.29 is 47.8 Å². The lowest BCUT2D eigenvalue weighted by molar-refractivity contribution is -0.161. The smallest absolute Gasteiger partial charge is 0.462 e. The molecule has 0 spiro atoms. The van der Waals surface area contributed by atoms with Crippen LogP contribution in [0.1, 0.15) is 194 Å². The topological polar surface area (TPSA) is 149 Å². The molecule has 10 nitrogen and oxygen atoms in total. The van der Waals surface area contributed by atoms with Gasteiger partial charge in [0.25, 0.3) is 0 Å². The van der Waals surface area contributed by atoms with E-state index in [2.05, 4.69) is 42.7 Å². The van der Waals surface area contributed by atoms with E-state index in [4.69, 9.17) is 19.1 Å². The van der Waals surface area contributed by atoms with Crippen molar-refractivity contribution in [1.29, 1.82) is 0 Å². The maximum atomic E-state index is 12.6. The van der Waals surface area contributed by atoms with E-state index in [1.165, 1.54) is 103 Å². The standard InChI is InChI=1S/C42H79O10P/c1-3-5-7-9-11-13-15-17-19-21-23-25-27-29-31-33-41(45)49-37-40(38-51-53(47,48)50-36-39(44)35-43)52-42(46)34-32-30-28-26-24-22-20-18-16-14-12-10-8-6-4-2/h10,12,17,19,39-40,43-44H,3-9,11,13-16,18,20-38H2,1-2H3,(H,47,48)/b12-10+,19-17+/t39-,40+/m0/s1. The molecule has 0 aliphatic carbocycles. The molecule has 0 bridgehead atoms. The summed E-state index contributed by atoms with van der Waals surface area (Å²) in [6.45, 7) is 2.34. The van der Waals surface area contributed by atoms with Crippen molar-refractivity contribution in [2.75, 3.05) is 26.4 Å². The highest BCUT2D eigenvalue weighted by molar-refractivity contribution is 7.47. The van der Waals surface area contributed by atoms with Crippen molar-refractivity contribution in [3.63, 3.8) is 0 Å². The minimum atomic E-state index is -4.61. The van der Waals surface area contributed by atoms with Crippen LogP contribution in [-0.2, 0) is 32.7 Å². The van der Waals surface area contributed by atoms with Gasteiger partial charge in [-0.2, -0.15) is 0 Å². The van der Waals surface area contributed by atoms with Gasteiger partial charge in [0.15, 0.2) is 6.10 Å². The van der Waals surface area contributed by atoms with Crippen molar-refractivity contribution in [1.82, 2.24) is 0 Å². The van der Waals surface area contributed by atoms with Gasteiger partial charge in [-0.15, -0.1) is 0 Å². The molecule has 0 aromatic heterocycles. The van der Waals surface area contributed by atoms with Crippen LogP contribution in [0.3, 0.4) is 0 Å². The maximum absolute atomic E-state index is 12.6. The van der Waals surface area contributed by atoms with E-state index in [1.54, 1.807) is 0 Å². The highest BCUT2D eigenvalue weighted by Gasteiger charge is 2.27. The molecular weight excluding hydrogens is 695 g/mol. The molecule has 0 aromatic rings. The Hall–Kier alpha value is -1.55. The molecule has 11 heteroatoms. The summed E-state index contributed by atoms with van der Waals surface area (Å²) in [5, 5.41) is 18.3. The fourth-order valence-electron chi connectivity index (χ4n) is 5.73. The number of esters is 2. The third-order valence-corrected chi connectivity index (χ3v) is 10.0. The van der Waals surface area contributed by atoms with E-state index < -0.39 is 51.8 Å². The second-order valence-electron chi connectivity index (χ2n) is 14.4. The first-order valence-electron chi connectivity index (χ1n) is 21.3. The highest BCUT2D eigenvalue weighted by Crippen LogP contribution is 2.43. The van der Waals surface area contributed by atoms with Crippen LogP contribution in [0.2, 0.25) is 0 Å². The molecular formula is C42H79O10P. The summed E-state index contributed by atoms with van der Waals surface area (Å²) >= 11 is 0. The Bertz CT molecular complexity index is 941. The molecule has 53 heavy (non-hydrogen) atoms. The van der Waals surface area contributed by atoms with E-state index in [-0.39, 0.29) is 19.4 Å². The van der Waals surface area contributed by atoms with Crippen LogP contribution in [0.25, 0.3) is 0 Å². The number of ether oxygens (including phenoxy) is 2. The summed E-state index contributed by atoms with van der Waals surface area (Å²) in [4.78, 5) is 34.9. The molecule has 0 fully saturated rings. The van der Waals surface area contributed by atoms with E-state index in [1.807, 2.05) is 0 Å². The maximum Gasteiger partial charge on any atom is 0.472 e. The minimum Gasteiger partial charge on any atom is -0.462 e. The fraction of sp³-hybridized carbons (Fsp3) is 0.857. The summed E-state index contributed by atoms with van der Waals surface area (Å²) in [5.74, 6) is -0.933. The second kappa shape index (κ2) is 38.7. The molecule has 0 radical (unpaired) electrons. The van der Waals surface area contributed by atoms with Gasteiger partial charge in [0.2, 0.25) is 0 Å². The molecule has 0 heterocycles. The van der Waals surface area contributed by atoms with Gasteiger partial charge in [-0.25, -0.2) is 4.57 Å². The number of aliphatic hydroxyl groups excluding tert-OH is 2. The van der Waals surface area contributed by atoms with Crippen molar-refractivity contribution >= 4 is 19.8 Å². The van der Waals surface area contributed by atoms with Crippen LogP contribution in [0.4, 0.5) is 0 Å². The molecule has 0 rings (SSSR count). The van der Waals surface area contributed by atoms with Crippen LogP contribution < -0.4 is 0 Å². The molecule has 0 aromatic carbocycles. The molecule has 0 aliphatic rings. The molecule has 3 atom stereocenters. The molecule has 0 aliphatic heterocycles. The Labute approximate surface area is 323 Å². The van der Waals surface area contributed by atoms with Crippen molar-refractivity contribution in [2.45, 2.75) is 206 Å². The summed E-state index contributed by atoms with van der Waals surface area (Å²) in [7, 11) is -4.61. The number of rotatable bonds is 40. The number of aliphatic hydroxyl groups is 2. The van der Waals surface area contributed by atoms with Gasteiger partial charge in [-0.3, -0.25) is 18.6 Å². The zero-order chi connectivity index (χ0) is 39.1. The Morgan fingerprint density at radius 1 is 0.547 bits per heavy atom. The monoisotopic (exact) mass is 775 g/mol. The van der Waals surface area contributed by atoms with E-state index >= 15 is 0 Å². The first kappa shape index (κ1) is 51.5. The molecule has 3 N–H and O–H groups in total. The Morgan fingerprint density at radius 2 is 0.943 bits per heavy atom. The number of hydrogen-bond donors (Lipinski definition) is 3. The van der Waals surface area contributed by atoms with Gasteiger partial charge < -0.3 is 24.6 Å². The van der Waals surface area contributed by atoms with Gasteiger partial charge in [0, 0.05) is 12.8 Å². The van der Waals surface area contributed by atoms with E-state index in [9.17, 15) is 24.2 Å². The molecule has 1 unspecified atom stereocenters. The number of carbonyl (C=O) groups is 2. The predicted octanol–water partition coefficient (Wildman–Crippen LogP) is 11.0. The summed E-state index contributed by atoms with van der Waals surface area (Å²) in [6, 6.07) is 0. The largest absolute Gasteiger partial charge is 0.472 e. The summed E-state index contributed by atoms with van der Waals surface area (Å²) in [6.07, 6.45) is 37.1. The Morgan fingerprint density at radius 3 is 1.42 bits per heavy atom. The third-order valence-electron chi connectivity index (χ3n) is 9.08. The first-order chi connectivity index (χ1) is 25.7. The molecule has 0 saturated carbocycles. The normalized spacial score (nSPS) is 14.1. The van der Waals surface area contributed by atoms with E-state index in [0.717, 1.165) is 51.4 Å². The second-order valence-corrected chi connectivity index (χ2v) is 15.8. The zero-order valence-corrected chi connectivity index (χ0v) is 34.6. The lowest BCUT2D eigenvalue weighted by atomic mass is 10.1. The highest BCUT2D eigenvalue weighted by atomic mass is 31.2. The average Bonchev–Trinajstić information content (AvgIpc) is 3.14. The van der Waals surface area contributed by atoms with Crippen LogP contribution in [-0.4, -0.2) is 65.7 Å². The van der Waals surface area contributed by atoms with Gasteiger partial charge in [0.05, 0.1) is 19.8 Å². The number of phosphoric ester groups is 1. The average molecular weight is 775 g/mol. The summed E-state index contributed by atoms with van der Waals surface area (Å²) < 4.78 is 32.7. The fourth-order valence-corrected chi connectivity index (χ4v) is 6.52. The predicted molar refractivity (Wildman–Crippen MR) is 215 cm³/mol. The first-order valence-corrected chi connectivity index (χ1v) is 22.8. The summed E-state index contributed by atoms with van der Waals surface area (Å²) in [5.41, 5.74) is 0. The van der Waals surface area contributed by atoms with Gasteiger partial charge in [-0.1, -0.05) is 147 Å². The zero-order valence-electron chi connectivity index (χ0n) is 33.7. The number of allylic oxidation sites excluding steroid dienone is 4. The Balaban J connectivity index is 4.31. The minimum absolute atomic E-state index is 0.182. The van der Waals surface area contributed by atoms with Gasteiger partial charge >= 0.3 is 19.8 Å². The number of carbonyl (C=O) groups excluding carboxylic acids is 2. The quantitative estimate of drug-likeness (QED) is 0.0238. The molecule has 0 amide bonds. The van der Waals surface area contributed by atoms with Crippen LogP contribution in [0.15, 0.2) is 24.3 Å².